The molecule has 5 nitrogen and oxygen atoms in total. The third-order valence-electron chi connectivity index (χ3n) is 3.65. The Morgan fingerprint density at radius 1 is 0.880 bits per heavy atom. The van der Waals surface area contributed by atoms with Crippen LogP contribution in [-0.2, 0) is 29.1 Å². The van der Waals surface area contributed by atoms with Crippen LogP contribution >= 0.6 is 0 Å². The minimum Gasteiger partial charge on any atom is -0.352 e. The highest BCUT2D eigenvalue weighted by Gasteiger charge is 2.04. The predicted octanol–water partition coefficient (Wildman–Crippen LogP) is 2.57. The lowest BCUT2D eigenvalue weighted by Crippen LogP contribution is -2.24. The minimum absolute atomic E-state index is 0.0235. The van der Waals surface area contributed by atoms with Gasteiger partial charge < -0.3 is 15.5 Å². The molecule has 0 atom stereocenters. The van der Waals surface area contributed by atoms with E-state index in [4.69, 9.17) is 0 Å². The summed E-state index contributed by atoms with van der Waals surface area (Å²) in [6, 6.07) is 15.6. The molecule has 0 radical (unpaired) electrons. The average molecular weight is 339 g/mol. The molecule has 2 amide bonds. The van der Waals surface area contributed by atoms with E-state index in [1.807, 2.05) is 38.4 Å². The Morgan fingerprint density at radius 2 is 1.44 bits per heavy atom. The van der Waals surface area contributed by atoms with Crippen LogP contribution in [0.15, 0.2) is 48.5 Å². The number of carbonyl (C=O) groups is 2. The molecule has 0 aliphatic carbocycles. The van der Waals surface area contributed by atoms with Gasteiger partial charge >= 0.3 is 0 Å². The zero-order valence-electron chi connectivity index (χ0n) is 15.0. The minimum atomic E-state index is -0.109. The number of amides is 2. The SMILES string of the molecule is CC(=O)Nc1ccc(CC(=O)NCc2ccc(CN(C)C)cc2)cc1. The molecule has 0 bridgehead atoms. The Hall–Kier alpha value is -2.66. The molecule has 0 aliphatic rings. The van der Waals surface area contributed by atoms with E-state index < -0.39 is 0 Å². The fraction of sp³-hybridized carbons (Fsp3) is 0.300. The Bertz CT molecular complexity index is 707. The molecule has 0 saturated heterocycles. The average Bonchev–Trinajstić information content (AvgIpc) is 2.55. The van der Waals surface area contributed by atoms with Crippen molar-refractivity contribution in [3.05, 3.63) is 65.2 Å². The van der Waals surface area contributed by atoms with E-state index in [1.165, 1.54) is 12.5 Å². The molecule has 2 aromatic rings. The van der Waals surface area contributed by atoms with Crippen molar-refractivity contribution in [3.8, 4) is 0 Å². The maximum atomic E-state index is 12.1. The number of rotatable bonds is 7. The summed E-state index contributed by atoms with van der Waals surface area (Å²) in [6.45, 7) is 2.89. The second-order valence-electron chi connectivity index (χ2n) is 6.39. The van der Waals surface area contributed by atoms with Crippen molar-refractivity contribution in [3.63, 3.8) is 0 Å². The lowest BCUT2D eigenvalue weighted by Gasteiger charge is -2.10. The topological polar surface area (TPSA) is 61.4 Å². The lowest BCUT2D eigenvalue weighted by molar-refractivity contribution is -0.120. The third-order valence-corrected chi connectivity index (χ3v) is 3.65. The van der Waals surface area contributed by atoms with E-state index >= 15 is 0 Å². The molecular weight excluding hydrogens is 314 g/mol. The van der Waals surface area contributed by atoms with Gasteiger partial charge in [0.05, 0.1) is 6.42 Å². The summed E-state index contributed by atoms with van der Waals surface area (Å²) in [7, 11) is 4.08. The van der Waals surface area contributed by atoms with Gasteiger partial charge in [-0.2, -0.15) is 0 Å². The Labute approximate surface area is 149 Å². The summed E-state index contributed by atoms with van der Waals surface area (Å²) in [5, 5.41) is 5.64. The molecule has 0 unspecified atom stereocenters. The number of nitrogens with one attached hydrogen (secondary N) is 2. The van der Waals surface area contributed by atoms with Gasteiger partial charge in [0, 0.05) is 25.7 Å². The molecular formula is C20H25N3O2. The molecule has 0 heterocycles. The normalized spacial score (nSPS) is 10.6. The maximum Gasteiger partial charge on any atom is 0.224 e. The van der Waals surface area contributed by atoms with Crippen LogP contribution in [-0.4, -0.2) is 30.8 Å². The van der Waals surface area contributed by atoms with Gasteiger partial charge in [-0.15, -0.1) is 0 Å². The van der Waals surface area contributed by atoms with Gasteiger partial charge in [0.25, 0.3) is 0 Å². The number of nitrogens with zero attached hydrogens (tertiary/aromatic N) is 1. The van der Waals surface area contributed by atoms with Crippen molar-refractivity contribution in [2.24, 2.45) is 0 Å². The number of hydrogen-bond acceptors (Lipinski definition) is 3. The van der Waals surface area contributed by atoms with E-state index in [0.717, 1.165) is 23.4 Å². The first-order chi connectivity index (χ1) is 11.9. The summed E-state index contributed by atoms with van der Waals surface area (Å²) < 4.78 is 0. The molecule has 5 heteroatoms. The molecule has 2 rings (SSSR count). The van der Waals surface area contributed by atoms with Gasteiger partial charge in [-0.3, -0.25) is 9.59 Å². The molecule has 2 N–H and O–H groups in total. The van der Waals surface area contributed by atoms with Gasteiger partial charge in [0.15, 0.2) is 0 Å². The largest absolute Gasteiger partial charge is 0.352 e. The highest BCUT2D eigenvalue weighted by atomic mass is 16.2. The van der Waals surface area contributed by atoms with Crippen LogP contribution < -0.4 is 10.6 Å². The standard InChI is InChI=1S/C20H25N3O2/c1-15(24)22-19-10-8-16(9-11-19)12-20(25)21-13-17-4-6-18(7-5-17)14-23(2)3/h4-11H,12-14H2,1-3H3,(H,21,25)(H,22,24). The first-order valence-electron chi connectivity index (χ1n) is 8.28. The van der Waals surface area contributed by atoms with E-state index in [9.17, 15) is 9.59 Å². The smallest absolute Gasteiger partial charge is 0.224 e. The zero-order chi connectivity index (χ0) is 18.2. The molecule has 0 aromatic heterocycles. The summed E-state index contributed by atoms with van der Waals surface area (Å²) in [5.41, 5.74) is 3.97. The highest BCUT2D eigenvalue weighted by Crippen LogP contribution is 2.10. The van der Waals surface area contributed by atoms with Crippen molar-refractivity contribution >= 4 is 17.5 Å². The van der Waals surface area contributed by atoms with Crippen LogP contribution in [0, 0.1) is 0 Å². The van der Waals surface area contributed by atoms with Crippen LogP contribution in [0.25, 0.3) is 0 Å². The summed E-state index contributed by atoms with van der Waals surface area (Å²) >= 11 is 0. The van der Waals surface area contributed by atoms with E-state index in [1.54, 1.807) is 12.1 Å². The number of hydrogen-bond donors (Lipinski definition) is 2. The van der Waals surface area contributed by atoms with Crippen LogP contribution in [0.5, 0.6) is 0 Å². The van der Waals surface area contributed by atoms with Crippen molar-refractivity contribution in [1.29, 1.82) is 0 Å². The molecule has 132 valence electrons. The first kappa shape index (κ1) is 18.7. The van der Waals surface area contributed by atoms with Crippen molar-refractivity contribution in [1.82, 2.24) is 10.2 Å². The second-order valence-corrected chi connectivity index (χ2v) is 6.39. The van der Waals surface area contributed by atoms with E-state index in [0.29, 0.717) is 13.0 Å². The van der Waals surface area contributed by atoms with Crippen LogP contribution in [0.4, 0.5) is 5.69 Å². The summed E-state index contributed by atoms with van der Waals surface area (Å²) in [6.07, 6.45) is 0.319. The van der Waals surface area contributed by atoms with Gasteiger partial charge in [-0.25, -0.2) is 0 Å². The number of carbonyl (C=O) groups excluding carboxylic acids is 2. The fourth-order valence-electron chi connectivity index (χ4n) is 2.49. The van der Waals surface area contributed by atoms with Crippen LogP contribution in [0.3, 0.4) is 0 Å². The van der Waals surface area contributed by atoms with Gasteiger partial charge in [-0.1, -0.05) is 36.4 Å². The maximum absolute atomic E-state index is 12.1. The van der Waals surface area contributed by atoms with Crippen molar-refractivity contribution in [2.75, 3.05) is 19.4 Å². The second kappa shape index (κ2) is 8.99. The van der Waals surface area contributed by atoms with Gasteiger partial charge in [0.2, 0.25) is 11.8 Å². The summed E-state index contributed by atoms with van der Waals surface area (Å²) in [5.74, 6) is -0.133. The Balaban J connectivity index is 1.81. The molecule has 2 aromatic carbocycles. The van der Waals surface area contributed by atoms with E-state index in [2.05, 4.69) is 27.7 Å². The van der Waals surface area contributed by atoms with Crippen molar-refractivity contribution < 1.29 is 9.59 Å². The monoisotopic (exact) mass is 339 g/mol. The van der Waals surface area contributed by atoms with E-state index in [-0.39, 0.29) is 11.8 Å². The van der Waals surface area contributed by atoms with Gasteiger partial charge in [-0.05, 0) is 42.9 Å². The fourth-order valence-corrected chi connectivity index (χ4v) is 2.49. The highest BCUT2D eigenvalue weighted by molar-refractivity contribution is 5.88. The van der Waals surface area contributed by atoms with Crippen LogP contribution in [0.2, 0.25) is 0 Å². The molecule has 0 aliphatic heterocycles. The number of benzene rings is 2. The Morgan fingerprint density at radius 3 is 2.00 bits per heavy atom. The molecule has 25 heavy (non-hydrogen) atoms. The Kier molecular flexibility index (Phi) is 6.71. The predicted molar refractivity (Wildman–Crippen MR) is 100 cm³/mol. The number of anilines is 1. The molecule has 0 spiro atoms. The molecule has 0 saturated carbocycles. The van der Waals surface area contributed by atoms with Gasteiger partial charge in [0.1, 0.15) is 0 Å². The third kappa shape index (κ3) is 6.77. The lowest BCUT2D eigenvalue weighted by atomic mass is 10.1. The van der Waals surface area contributed by atoms with Crippen LogP contribution in [0.1, 0.15) is 23.6 Å². The zero-order valence-corrected chi connectivity index (χ0v) is 15.0. The quantitative estimate of drug-likeness (QED) is 0.815. The van der Waals surface area contributed by atoms with Crippen molar-refractivity contribution in [2.45, 2.75) is 26.4 Å². The molecule has 0 fully saturated rings. The first-order valence-corrected chi connectivity index (χ1v) is 8.28. The summed E-state index contributed by atoms with van der Waals surface area (Å²) in [4.78, 5) is 25.2.